The van der Waals surface area contributed by atoms with E-state index in [0.717, 1.165) is 5.56 Å². The minimum atomic E-state index is -1.04. The predicted molar refractivity (Wildman–Crippen MR) is 163 cm³/mol. The van der Waals surface area contributed by atoms with Crippen molar-refractivity contribution >= 4 is 18.0 Å². The molecule has 2 rings (SSSR count). The first-order valence-electron chi connectivity index (χ1n) is 15.1. The summed E-state index contributed by atoms with van der Waals surface area (Å²) in [6.07, 6.45) is -1.33. The molecule has 1 N–H and O–H groups in total. The van der Waals surface area contributed by atoms with Gasteiger partial charge in [-0.2, -0.15) is 0 Å². The number of rotatable bonds is 12. The van der Waals surface area contributed by atoms with Gasteiger partial charge in [-0.3, -0.25) is 4.79 Å². The van der Waals surface area contributed by atoms with Gasteiger partial charge in [0.15, 0.2) is 5.79 Å². The standard InChI is InChI=1S/C33H52FNO9/c1-30(2,3)42-27(36)22(14-17-24(28(37)43-31(4,5)6)35-29(38)44-32(7,8)9)18-21-12-15-23(16-13-21)39-20-26-25(19-34)40-33(10,11)41-26/h12-13,15-16,22,24-26H,14,17-20H2,1-11H3,(H,35,38)/t22?,24-,25-,26-/m0/s1/i34-1. The topological polar surface area (TPSA) is 119 Å². The van der Waals surface area contributed by atoms with Crippen LogP contribution in [0.5, 0.6) is 5.75 Å². The van der Waals surface area contributed by atoms with Gasteiger partial charge in [-0.25, -0.2) is 14.0 Å². The molecule has 0 radical (unpaired) electrons. The summed E-state index contributed by atoms with van der Waals surface area (Å²) in [6, 6.07) is 6.16. The molecule has 0 spiro atoms. The van der Waals surface area contributed by atoms with Gasteiger partial charge in [-0.05, 0) is 113 Å². The van der Waals surface area contributed by atoms with Crippen LogP contribution in [-0.4, -0.2) is 72.2 Å². The first kappa shape index (κ1) is 37.3. The fourth-order valence-corrected chi connectivity index (χ4v) is 4.49. The van der Waals surface area contributed by atoms with Crippen LogP contribution in [-0.2, 0) is 39.7 Å². The Hall–Kier alpha value is -2.92. The summed E-state index contributed by atoms with van der Waals surface area (Å²) in [7, 11) is 0. The Kier molecular flexibility index (Phi) is 12.6. The Labute approximate surface area is 261 Å². The predicted octanol–water partition coefficient (Wildman–Crippen LogP) is 6.07. The van der Waals surface area contributed by atoms with Crippen LogP contribution in [0.25, 0.3) is 0 Å². The number of hydrogen-bond acceptors (Lipinski definition) is 9. The summed E-state index contributed by atoms with van der Waals surface area (Å²) in [6.45, 7) is 18.7. The molecule has 1 saturated heterocycles. The molecule has 1 aromatic carbocycles. The number of benzene rings is 1. The van der Waals surface area contributed by atoms with Gasteiger partial charge in [0.05, 0.1) is 5.92 Å². The maximum absolute atomic E-state index is 13.4. The van der Waals surface area contributed by atoms with Crippen molar-refractivity contribution in [3.05, 3.63) is 29.8 Å². The van der Waals surface area contributed by atoms with Crippen molar-refractivity contribution in [2.24, 2.45) is 5.92 Å². The molecule has 1 amide bonds. The Bertz CT molecular complexity index is 1100. The molecule has 10 nitrogen and oxygen atoms in total. The third-order valence-corrected chi connectivity index (χ3v) is 6.18. The third kappa shape index (κ3) is 13.8. The molecule has 1 heterocycles. The summed E-state index contributed by atoms with van der Waals surface area (Å²) in [4.78, 5) is 38.9. The van der Waals surface area contributed by atoms with Gasteiger partial charge in [-0.1, -0.05) is 12.1 Å². The summed E-state index contributed by atoms with van der Waals surface area (Å²) >= 11 is 0. The molecule has 1 aliphatic heterocycles. The van der Waals surface area contributed by atoms with Crippen LogP contribution in [0.4, 0.5) is 9.18 Å². The van der Waals surface area contributed by atoms with Gasteiger partial charge in [-0.15, -0.1) is 0 Å². The quantitative estimate of drug-likeness (QED) is 0.218. The van der Waals surface area contributed by atoms with Crippen molar-refractivity contribution in [3.63, 3.8) is 0 Å². The second-order valence-corrected chi connectivity index (χ2v) is 14.6. The fraction of sp³-hybridized carbons (Fsp3) is 0.727. The van der Waals surface area contributed by atoms with Crippen LogP contribution in [0.3, 0.4) is 0 Å². The molecule has 4 atom stereocenters. The van der Waals surface area contributed by atoms with Gasteiger partial charge < -0.3 is 33.7 Å². The van der Waals surface area contributed by atoms with E-state index in [2.05, 4.69) is 5.32 Å². The van der Waals surface area contributed by atoms with Gasteiger partial charge in [0.25, 0.3) is 0 Å². The number of alkyl halides is 1. The molecular formula is C33H52FNO9. The lowest BCUT2D eigenvalue weighted by Crippen LogP contribution is -2.46. The Morgan fingerprint density at radius 1 is 0.818 bits per heavy atom. The molecule has 1 unspecified atom stereocenters. The average Bonchev–Trinajstić information content (AvgIpc) is 3.15. The van der Waals surface area contributed by atoms with Gasteiger partial charge in [0, 0.05) is 0 Å². The zero-order valence-corrected chi connectivity index (χ0v) is 28.2. The van der Waals surface area contributed by atoms with E-state index in [9.17, 15) is 18.8 Å². The minimum Gasteiger partial charge on any atom is -0.491 e. The van der Waals surface area contributed by atoms with Gasteiger partial charge >= 0.3 is 18.0 Å². The van der Waals surface area contributed by atoms with E-state index in [1.165, 1.54) is 0 Å². The molecule has 0 aliphatic carbocycles. The largest absolute Gasteiger partial charge is 0.491 e. The lowest BCUT2D eigenvalue weighted by molar-refractivity contribution is -0.162. The second-order valence-electron chi connectivity index (χ2n) is 14.6. The molecular weight excluding hydrogens is 572 g/mol. The SMILES string of the molecule is CC(C)(C)OC(=O)N[C@@H](CCC(Cc1ccc(OC[C@@H]2OC(C)(C)O[C@H]2C[18F])cc1)C(=O)OC(C)(C)C)C(=O)OC(C)(C)C. The highest BCUT2D eigenvalue weighted by molar-refractivity contribution is 5.82. The number of carbonyl (C=O) groups excluding carboxylic acids is 3. The molecule has 0 bridgehead atoms. The van der Waals surface area contributed by atoms with Crippen LogP contribution in [0.1, 0.15) is 94.6 Å². The highest BCUT2D eigenvalue weighted by Gasteiger charge is 2.41. The summed E-state index contributed by atoms with van der Waals surface area (Å²) in [5.74, 6) is -1.99. The Morgan fingerprint density at radius 3 is 1.86 bits per heavy atom. The van der Waals surface area contributed by atoms with Crippen molar-refractivity contribution in [3.8, 4) is 5.75 Å². The maximum atomic E-state index is 13.4. The van der Waals surface area contributed by atoms with Crippen LogP contribution >= 0.6 is 0 Å². The van der Waals surface area contributed by atoms with Crippen molar-refractivity contribution in [1.82, 2.24) is 5.32 Å². The summed E-state index contributed by atoms with van der Waals surface area (Å²) in [5, 5.41) is 2.61. The average molecular weight is 625 g/mol. The number of halogens is 1. The van der Waals surface area contributed by atoms with E-state index >= 15 is 0 Å². The van der Waals surface area contributed by atoms with E-state index in [1.54, 1.807) is 88.3 Å². The van der Waals surface area contributed by atoms with E-state index in [4.69, 9.17) is 28.4 Å². The van der Waals surface area contributed by atoms with Gasteiger partial charge in [0.2, 0.25) is 0 Å². The number of alkyl carbamates (subject to hydrolysis) is 1. The Morgan fingerprint density at radius 2 is 1.34 bits per heavy atom. The zero-order chi connectivity index (χ0) is 33.5. The fourth-order valence-electron chi connectivity index (χ4n) is 4.49. The van der Waals surface area contributed by atoms with Crippen LogP contribution in [0, 0.1) is 5.92 Å². The normalized spacial score (nSPS) is 19.9. The van der Waals surface area contributed by atoms with E-state index in [0.29, 0.717) is 12.2 Å². The zero-order valence-electron chi connectivity index (χ0n) is 28.2. The first-order valence-corrected chi connectivity index (χ1v) is 15.1. The molecule has 1 aliphatic rings. The Balaban J connectivity index is 2.15. The molecule has 0 saturated carbocycles. The molecule has 11 heteroatoms. The van der Waals surface area contributed by atoms with Crippen molar-refractivity contribution in [2.75, 3.05) is 13.3 Å². The number of nitrogens with one attached hydrogen (secondary N) is 1. The number of esters is 2. The molecule has 250 valence electrons. The lowest BCUT2D eigenvalue weighted by atomic mass is 9.92. The number of carbonyl (C=O) groups is 3. The van der Waals surface area contributed by atoms with Crippen molar-refractivity contribution < 1.29 is 47.2 Å². The molecule has 1 fully saturated rings. The molecule has 0 aromatic heterocycles. The number of hydrogen-bond donors (Lipinski definition) is 1. The summed E-state index contributed by atoms with van der Waals surface area (Å²) in [5.41, 5.74) is -1.42. The van der Waals surface area contributed by atoms with Crippen LogP contribution < -0.4 is 10.1 Å². The number of ether oxygens (including phenoxy) is 6. The lowest BCUT2D eigenvalue weighted by Gasteiger charge is -2.28. The first-order chi connectivity index (χ1) is 20.1. The van der Waals surface area contributed by atoms with E-state index in [-0.39, 0.29) is 19.4 Å². The summed E-state index contributed by atoms with van der Waals surface area (Å²) < 4.78 is 47.1. The minimum absolute atomic E-state index is 0.120. The molecule has 1 aromatic rings. The maximum Gasteiger partial charge on any atom is 0.408 e. The second kappa shape index (κ2) is 14.9. The van der Waals surface area contributed by atoms with Crippen LogP contribution in [0.2, 0.25) is 0 Å². The van der Waals surface area contributed by atoms with E-state index in [1.807, 2.05) is 12.1 Å². The highest BCUT2D eigenvalue weighted by Crippen LogP contribution is 2.29. The number of amides is 1. The monoisotopic (exact) mass is 624 g/mol. The third-order valence-electron chi connectivity index (χ3n) is 6.18. The van der Waals surface area contributed by atoms with Gasteiger partial charge in [0.1, 0.15) is 54.1 Å². The van der Waals surface area contributed by atoms with Crippen LogP contribution in [0.15, 0.2) is 24.3 Å². The molecule has 44 heavy (non-hydrogen) atoms. The van der Waals surface area contributed by atoms with E-state index < -0.39 is 71.5 Å². The van der Waals surface area contributed by atoms with Crippen molar-refractivity contribution in [1.29, 1.82) is 0 Å². The van der Waals surface area contributed by atoms with Crippen molar-refractivity contribution in [2.45, 2.75) is 136 Å². The highest BCUT2D eigenvalue weighted by atomic mass is 18.2. The smallest absolute Gasteiger partial charge is 0.408 e.